The van der Waals surface area contributed by atoms with Crippen molar-refractivity contribution in [1.82, 2.24) is 9.97 Å². The molecule has 3 aromatic rings. The summed E-state index contributed by atoms with van der Waals surface area (Å²) in [4.78, 5) is 35.1. The molecule has 0 radical (unpaired) electrons. The molecule has 2 aromatic carbocycles. The Bertz CT molecular complexity index is 1220. The van der Waals surface area contributed by atoms with Crippen molar-refractivity contribution < 1.29 is 23.5 Å². The molecular formula is C26H25FN2O4. The number of aromatic nitrogens is 2. The molecule has 2 fully saturated rings. The van der Waals surface area contributed by atoms with E-state index in [1.807, 2.05) is 13.0 Å². The van der Waals surface area contributed by atoms with Crippen LogP contribution in [0.5, 0.6) is 11.6 Å². The van der Waals surface area contributed by atoms with Crippen molar-refractivity contribution in [2.24, 2.45) is 5.41 Å². The second kappa shape index (κ2) is 8.63. The number of aryl methyl sites for hydroxylation is 1. The van der Waals surface area contributed by atoms with E-state index < -0.39 is 5.92 Å². The van der Waals surface area contributed by atoms with Crippen LogP contribution < -0.4 is 4.74 Å². The fraction of sp³-hybridized carbons (Fsp3) is 0.385. The van der Waals surface area contributed by atoms with Gasteiger partial charge in [-0.05, 0) is 60.1 Å². The van der Waals surface area contributed by atoms with E-state index in [4.69, 9.17) is 9.47 Å². The Labute approximate surface area is 191 Å². The number of ketones is 2. The summed E-state index contributed by atoms with van der Waals surface area (Å²) in [6, 6.07) is 9.65. The van der Waals surface area contributed by atoms with Gasteiger partial charge in [0.1, 0.15) is 29.1 Å². The summed E-state index contributed by atoms with van der Waals surface area (Å²) in [7, 11) is 0. The lowest BCUT2D eigenvalue weighted by Crippen LogP contribution is -2.42. The standard InChI is InChI=1S/C26H25FN2O4/c1-2-16-3-5-18(33-24-15-28-21-11-17(27)4-6-20(21)29-24)12-19(16)25-22(30)13-26(14-23(25)31)7-9-32-10-8-26/h3-6,11-12,15,25H,2,7-10,13-14H2,1H3. The van der Waals surface area contributed by atoms with Gasteiger partial charge in [0, 0.05) is 32.1 Å². The summed E-state index contributed by atoms with van der Waals surface area (Å²) in [6.45, 7) is 3.22. The van der Waals surface area contributed by atoms with Gasteiger partial charge < -0.3 is 9.47 Å². The Hall–Kier alpha value is -3.19. The smallest absolute Gasteiger partial charge is 0.238 e. The Morgan fingerprint density at radius 3 is 2.55 bits per heavy atom. The minimum absolute atomic E-state index is 0.0208. The topological polar surface area (TPSA) is 78.4 Å². The van der Waals surface area contributed by atoms with E-state index in [9.17, 15) is 14.0 Å². The molecule has 1 aliphatic carbocycles. The monoisotopic (exact) mass is 448 g/mol. The van der Waals surface area contributed by atoms with Crippen LogP contribution in [0.2, 0.25) is 0 Å². The highest BCUT2D eigenvalue weighted by Gasteiger charge is 2.46. The van der Waals surface area contributed by atoms with Gasteiger partial charge in [-0.3, -0.25) is 9.59 Å². The van der Waals surface area contributed by atoms with Gasteiger partial charge in [0.15, 0.2) is 0 Å². The van der Waals surface area contributed by atoms with Gasteiger partial charge in [0.05, 0.1) is 17.2 Å². The molecule has 0 atom stereocenters. The average Bonchev–Trinajstić information content (AvgIpc) is 2.79. The van der Waals surface area contributed by atoms with Crippen molar-refractivity contribution in [2.75, 3.05) is 13.2 Å². The van der Waals surface area contributed by atoms with Crippen LogP contribution in [0, 0.1) is 11.2 Å². The highest BCUT2D eigenvalue weighted by molar-refractivity contribution is 6.10. The number of halogens is 1. The molecule has 0 unspecified atom stereocenters. The minimum atomic E-state index is -0.761. The summed E-state index contributed by atoms with van der Waals surface area (Å²) < 4.78 is 24.8. The molecule has 7 heteroatoms. The van der Waals surface area contributed by atoms with Gasteiger partial charge >= 0.3 is 0 Å². The van der Waals surface area contributed by atoms with Gasteiger partial charge in [-0.15, -0.1) is 0 Å². The van der Waals surface area contributed by atoms with Crippen molar-refractivity contribution in [3.8, 4) is 11.6 Å². The SMILES string of the molecule is CCc1ccc(Oc2cnc3cc(F)ccc3n2)cc1C1C(=O)CC2(CCOCC2)CC1=O. The minimum Gasteiger partial charge on any atom is -0.437 e. The Morgan fingerprint density at radius 2 is 1.82 bits per heavy atom. The van der Waals surface area contributed by atoms with Crippen molar-refractivity contribution in [1.29, 1.82) is 0 Å². The fourth-order valence-electron chi connectivity index (χ4n) is 5.05. The third-order valence-electron chi connectivity index (χ3n) is 6.81. The van der Waals surface area contributed by atoms with Crippen molar-refractivity contribution in [2.45, 2.75) is 44.9 Å². The van der Waals surface area contributed by atoms with Gasteiger partial charge in [-0.1, -0.05) is 13.0 Å². The summed E-state index contributed by atoms with van der Waals surface area (Å²) in [5, 5.41) is 0. The Balaban J connectivity index is 1.43. The van der Waals surface area contributed by atoms with Gasteiger partial charge in [0.2, 0.25) is 5.88 Å². The lowest BCUT2D eigenvalue weighted by molar-refractivity contribution is -0.139. The van der Waals surface area contributed by atoms with Crippen LogP contribution in [0.15, 0.2) is 42.6 Å². The van der Waals surface area contributed by atoms with Crippen molar-refractivity contribution in [3.05, 3.63) is 59.5 Å². The molecule has 5 rings (SSSR count). The Kier molecular flexibility index (Phi) is 5.66. The summed E-state index contributed by atoms with van der Waals surface area (Å²) in [6.07, 6.45) is 4.46. The van der Waals surface area contributed by atoms with E-state index in [1.54, 1.807) is 18.2 Å². The molecule has 1 aromatic heterocycles. The number of fused-ring (bicyclic) bond motifs is 1. The zero-order valence-corrected chi connectivity index (χ0v) is 18.5. The molecule has 1 saturated carbocycles. The second-order valence-electron chi connectivity index (χ2n) is 8.99. The van der Waals surface area contributed by atoms with Gasteiger partial charge in [-0.25, -0.2) is 14.4 Å². The molecule has 33 heavy (non-hydrogen) atoms. The van der Waals surface area contributed by atoms with E-state index in [-0.39, 0.29) is 28.7 Å². The fourth-order valence-corrected chi connectivity index (χ4v) is 5.05. The quantitative estimate of drug-likeness (QED) is 0.527. The second-order valence-corrected chi connectivity index (χ2v) is 8.99. The molecule has 1 saturated heterocycles. The first-order valence-corrected chi connectivity index (χ1v) is 11.3. The zero-order chi connectivity index (χ0) is 23.0. The Morgan fingerprint density at radius 1 is 1.06 bits per heavy atom. The average molecular weight is 448 g/mol. The number of benzene rings is 2. The predicted molar refractivity (Wildman–Crippen MR) is 120 cm³/mol. The number of Topliss-reactive ketones (excluding diaryl/α,β-unsaturated/α-hetero) is 2. The molecule has 1 spiro atoms. The zero-order valence-electron chi connectivity index (χ0n) is 18.5. The molecule has 170 valence electrons. The van der Waals surface area contributed by atoms with Crippen LogP contribution in [0.1, 0.15) is 49.7 Å². The number of nitrogens with zero attached hydrogens (tertiary/aromatic N) is 2. The van der Waals surface area contributed by atoms with E-state index in [2.05, 4.69) is 9.97 Å². The number of hydrogen-bond acceptors (Lipinski definition) is 6. The molecule has 2 heterocycles. The normalized spacial score (nSPS) is 18.7. The van der Waals surface area contributed by atoms with Crippen LogP contribution in [-0.4, -0.2) is 34.7 Å². The number of carbonyl (C=O) groups excluding carboxylic acids is 2. The van der Waals surface area contributed by atoms with Gasteiger partial charge in [0.25, 0.3) is 0 Å². The molecule has 0 amide bonds. The maximum atomic E-state index is 13.4. The first kappa shape index (κ1) is 21.6. The lowest BCUT2D eigenvalue weighted by Gasteiger charge is -2.41. The number of hydrogen-bond donors (Lipinski definition) is 0. The molecule has 0 N–H and O–H groups in total. The highest BCUT2D eigenvalue weighted by Crippen LogP contribution is 2.46. The first-order valence-electron chi connectivity index (χ1n) is 11.3. The number of rotatable bonds is 4. The highest BCUT2D eigenvalue weighted by atomic mass is 19.1. The molecule has 6 nitrogen and oxygen atoms in total. The largest absolute Gasteiger partial charge is 0.437 e. The van der Waals surface area contributed by atoms with Crippen LogP contribution in [0.25, 0.3) is 11.0 Å². The van der Waals surface area contributed by atoms with Gasteiger partial charge in [-0.2, -0.15) is 0 Å². The van der Waals surface area contributed by atoms with Crippen molar-refractivity contribution >= 4 is 22.6 Å². The summed E-state index contributed by atoms with van der Waals surface area (Å²) in [5.41, 5.74) is 2.37. The van der Waals surface area contributed by atoms with Crippen molar-refractivity contribution in [3.63, 3.8) is 0 Å². The lowest BCUT2D eigenvalue weighted by atomic mass is 9.63. The van der Waals surface area contributed by atoms with Crippen LogP contribution in [0.3, 0.4) is 0 Å². The number of carbonyl (C=O) groups is 2. The van der Waals surface area contributed by atoms with Crippen LogP contribution in [-0.2, 0) is 20.7 Å². The van der Waals surface area contributed by atoms with Crippen LogP contribution in [0.4, 0.5) is 4.39 Å². The number of ether oxygens (including phenoxy) is 2. The summed E-state index contributed by atoms with van der Waals surface area (Å²) in [5.74, 6) is -0.450. The van der Waals surface area contributed by atoms with E-state index in [0.717, 1.165) is 18.4 Å². The predicted octanol–water partition coefficient (Wildman–Crippen LogP) is 4.94. The summed E-state index contributed by atoms with van der Waals surface area (Å²) >= 11 is 0. The van der Waals surface area contributed by atoms with Crippen LogP contribution >= 0.6 is 0 Å². The third-order valence-corrected chi connectivity index (χ3v) is 6.81. The first-order chi connectivity index (χ1) is 16.0. The maximum absolute atomic E-state index is 13.4. The molecular weight excluding hydrogens is 423 g/mol. The molecule has 0 bridgehead atoms. The molecule has 1 aliphatic heterocycles. The molecule has 2 aliphatic rings. The van der Waals surface area contributed by atoms with E-state index >= 15 is 0 Å². The maximum Gasteiger partial charge on any atom is 0.238 e. The van der Waals surface area contributed by atoms with E-state index in [1.165, 1.54) is 18.3 Å². The third kappa shape index (κ3) is 4.25. The van der Waals surface area contributed by atoms with E-state index in [0.29, 0.717) is 54.8 Å².